The van der Waals surface area contributed by atoms with Crippen LogP contribution in [0.3, 0.4) is 0 Å². The number of nitriles is 4. The van der Waals surface area contributed by atoms with E-state index in [1.807, 2.05) is 48.5 Å². The Kier molecular flexibility index (Phi) is 10.3. The standard InChI is InChI=1S/C20H24N4O2P2/c21-9-1-13-27(25,14-2-10-22)17-19-5-7-20(8-6-19)18-28(26,15-3-11-23)16-4-12-24/h5-8H,1-4,13-18H2. The molecular formula is C20H24N4O2P2. The van der Waals surface area contributed by atoms with Crippen LogP contribution < -0.4 is 0 Å². The average Bonchev–Trinajstić information content (AvgIpc) is 2.69. The third kappa shape index (κ3) is 8.55. The molecule has 0 aliphatic rings. The quantitative estimate of drug-likeness (QED) is 0.439. The van der Waals surface area contributed by atoms with Crippen LogP contribution in [0.4, 0.5) is 0 Å². The van der Waals surface area contributed by atoms with Gasteiger partial charge in [0.25, 0.3) is 0 Å². The molecule has 0 fully saturated rings. The lowest BCUT2D eigenvalue weighted by Gasteiger charge is -2.18. The lowest BCUT2D eigenvalue weighted by molar-refractivity contribution is 0.572. The van der Waals surface area contributed by atoms with Crippen molar-refractivity contribution in [3.05, 3.63) is 35.4 Å². The van der Waals surface area contributed by atoms with Crippen LogP contribution in [0.15, 0.2) is 24.3 Å². The van der Waals surface area contributed by atoms with Gasteiger partial charge in [-0.1, -0.05) is 24.3 Å². The molecule has 1 rings (SSSR count). The minimum Gasteiger partial charge on any atom is -0.323 e. The van der Waals surface area contributed by atoms with Crippen LogP contribution in [0, 0.1) is 45.3 Å². The van der Waals surface area contributed by atoms with Gasteiger partial charge in [0.15, 0.2) is 0 Å². The second-order valence-electron chi connectivity index (χ2n) is 6.78. The largest absolute Gasteiger partial charge is 0.323 e. The number of hydrogen-bond acceptors (Lipinski definition) is 6. The second kappa shape index (κ2) is 12.2. The minimum absolute atomic E-state index is 0.210. The first kappa shape index (κ1) is 23.7. The van der Waals surface area contributed by atoms with Crippen molar-refractivity contribution in [2.45, 2.75) is 38.0 Å². The van der Waals surface area contributed by atoms with Crippen molar-refractivity contribution in [1.29, 1.82) is 21.0 Å². The summed E-state index contributed by atoms with van der Waals surface area (Å²) in [6.07, 6.45) is 2.77. The van der Waals surface area contributed by atoms with E-state index in [0.717, 1.165) is 11.1 Å². The van der Waals surface area contributed by atoms with Crippen LogP contribution in [-0.2, 0) is 21.5 Å². The smallest absolute Gasteiger partial charge is 0.0939 e. The molecule has 0 aromatic heterocycles. The van der Waals surface area contributed by atoms with Gasteiger partial charge in [-0.25, -0.2) is 0 Å². The Balaban J connectivity index is 2.88. The molecule has 6 nitrogen and oxygen atoms in total. The number of benzene rings is 1. The lowest BCUT2D eigenvalue weighted by atomic mass is 10.2. The highest BCUT2D eigenvalue weighted by Crippen LogP contribution is 2.51. The van der Waals surface area contributed by atoms with Crippen LogP contribution in [0.1, 0.15) is 36.8 Å². The summed E-state index contributed by atoms with van der Waals surface area (Å²) in [5.74, 6) is 0. The van der Waals surface area contributed by atoms with Crippen molar-refractivity contribution < 1.29 is 9.13 Å². The minimum atomic E-state index is -2.63. The number of nitrogens with zero attached hydrogens (tertiary/aromatic N) is 4. The Morgan fingerprint density at radius 2 is 0.821 bits per heavy atom. The van der Waals surface area contributed by atoms with E-state index in [2.05, 4.69) is 0 Å². The van der Waals surface area contributed by atoms with Gasteiger partial charge in [0.1, 0.15) is 0 Å². The van der Waals surface area contributed by atoms with E-state index >= 15 is 0 Å². The fourth-order valence-corrected chi connectivity index (χ4v) is 7.83. The van der Waals surface area contributed by atoms with Gasteiger partial charge in [-0.3, -0.25) is 0 Å². The summed E-state index contributed by atoms with van der Waals surface area (Å²) in [6, 6.07) is 15.5. The normalized spacial score (nSPS) is 11.0. The van der Waals surface area contributed by atoms with Gasteiger partial charge in [0.05, 0.1) is 38.6 Å². The topological polar surface area (TPSA) is 129 Å². The Labute approximate surface area is 167 Å². The fraction of sp³-hybridized carbons (Fsp3) is 0.500. The average molecular weight is 414 g/mol. The van der Waals surface area contributed by atoms with E-state index in [1.165, 1.54) is 0 Å². The molecule has 0 heterocycles. The van der Waals surface area contributed by atoms with Crippen LogP contribution in [0.5, 0.6) is 0 Å². The molecule has 0 saturated carbocycles. The zero-order valence-electron chi connectivity index (χ0n) is 15.9. The molecule has 0 N–H and O–H groups in total. The van der Waals surface area contributed by atoms with Gasteiger partial charge in [-0.15, -0.1) is 0 Å². The van der Waals surface area contributed by atoms with Gasteiger partial charge >= 0.3 is 0 Å². The van der Waals surface area contributed by atoms with Crippen LogP contribution in [-0.4, -0.2) is 24.6 Å². The molecule has 0 aliphatic carbocycles. The highest BCUT2D eigenvalue weighted by molar-refractivity contribution is 7.63. The molecule has 0 atom stereocenters. The maximum Gasteiger partial charge on any atom is 0.0939 e. The van der Waals surface area contributed by atoms with Crippen LogP contribution in [0.25, 0.3) is 0 Å². The summed E-state index contributed by atoms with van der Waals surface area (Å²) in [6.45, 7) is 0. The second-order valence-corrected chi connectivity index (χ2v) is 13.4. The predicted octanol–water partition coefficient (Wildman–Crippen LogP) is 5.07. The zero-order valence-corrected chi connectivity index (χ0v) is 17.7. The Morgan fingerprint density at radius 1 is 0.571 bits per heavy atom. The molecule has 0 amide bonds. The van der Waals surface area contributed by atoms with E-state index in [9.17, 15) is 9.13 Å². The van der Waals surface area contributed by atoms with Gasteiger partial charge in [0.2, 0.25) is 0 Å². The Morgan fingerprint density at radius 3 is 1.04 bits per heavy atom. The van der Waals surface area contributed by atoms with Crippen molar-refractivity contribution >= 4 is 14.3 Å². The first-order valence-electron chi connectivity index (χ1n) is 9.10. The van der Waals surface area contributed by atoms with E-state index in [4.69, 9.17) is 21.0 Å². The molecule has 0 unspecified atom stereocenters. The van der Waals surface area contributed by atoms with Crippen LogP contribution in [0.2, 0.25) is 0 Å². The predicted molar refractivity (Wildman–Crippen MR) is 109 cm³/mol. The van der Waals surface area contributed by atoms with Gasteiger partial charge in [0, 0.05) is 62.7 Å². The molecule has 1 aromatic carbocycles. The SMILES string of the molecule is N#CCCP(=O)(CCC#N)Cc1ccc(CP(=O)(CCC#N)CCC#N)cc1. The van der Waals surface area contributed by atoms with Gasteiger partial charge in [-0.05, 0) is 11.1 Å². The molecular weight excluding hydrogens is 390 g/mol. The lowest BCUT2D eigenvalue weighted by Crippen LogP contribution is -2.01. The molecule has 0 radical (unpaired) electrons. The molecule has 0 bridgehead atoms. The first-order chi connectivity index (χ1) is 13.4. The molecule has 1 aromatic rings. The van der Waals surface area contributed by atoms with Crippen molar-refractivity contribution in [1.82, 2.24) is 0 Å². The maximum atomic E-state index is 13.0. The summed E-state index contributed by atoms with van der Waals surface area (Å²) in [7, 11) is -5.26. The zero-order chi connectivity index (χ0) is 20.9. The van der Waals surface area contributed by atoms with Crippen molar-refractivity contribution in [2.24, 2.45) is 0 Å². The number of hydrogen-bond donors (Lipinski definition) is 0. The molecule has 146 valence electrons. The summed E-state index contributed by atoms with van der Waals surface area (Å²) in [4.78, 5) is 0. The molecule has 8 heteroatoms. The van der Waals surface area contributed by atoms with E-state index in [1.54, 1.807) is 0 Å². The van der Waals surface area contributed by atoms with Crippen molar-refractivity contribution in [2.75, 3.05) is 24.6 Å². The molecule has 0 spiro atoms. The third-order valence-electron chi connectivity index (χ3n) is 4.49. The summed E-state index contributed by atoms with van der Waals surface area (Å²) in [5.41, 5.74) is 1.73. The van der Waals surface area contributed by atoms with Crippen molar-refractivity contribution in [3.8, 4) is 24.3 Å². The Bertz CT molecular complexity index is 780. The summed E-state index contributed by atoms with van der Waals surface area (Å²) < 4.78 is 26.1. The van der Waals surface area contributed by atoms with Crippen molar-refractivity contribution in [3.63, 3.8) is 0 Å². The summed E-state index contributed by atoms with van der Waals surface area (Å²) in [5, 5.41) is 35.1. The van der Waals surface area contributed by atoms with Gasteiger partial charge in [-0.2, -0.15) is 21.0 Å². The van der Waals surface area contributed by atoms with E-state index < -0.39 is 14.3 Å². The molecule has 0 aliphatic heterocycles. The molecule has 28 heavy (non-hydrogen) atoms. The molecule has 0 saturated heterocycles. The monoisotopic (exact) mass is 414 g/mol. The summed E-state index contributed by atoms with van der Waals surface area (Å²) >= 11 is 0. The van der Waals surface area contributed by atoms with E-state index in [0.29, 0.717) is 37.0 Å². The Hall–Kier alpha value is -2.36. The van der Waals surface area contributed by atoms with Crippen LogP contribution >= 0.6 is 14.3 Å². The number of rotatable bonds is 12. The highest BCUT2D eigenvalue weighted by Gasteiger charge is 2.24. The third-order valence-corrected chi connectivity index (χ3v) is 10.5. The highest BCUT2D eigenvalue weighted by atomic mass is 31.2. The fourth-order valence-electron chi connectivity index (χ4n) is 2.97. The van der Waals surface area contributed by atoms with E-state index in [-0.39, 0.29) is 25.7 Å². The first-order valence-corrected chi connectivity index (χ1v) is 13.6. The van der Waals surface area contributed by atoms with Gasteiger partial charge < -0.3 is 9.13 Å². The maximum absolute atomic E-state index is 13.0.